The zero-order valence-electron chi connectivity index (χ0n) is 15.3. The van der Waals surface area contributed by atoms with Crippen LogP contribution in [0.5, 0.6) is 0 Å². The van der Waals surface area contributed by atoms with Crippen LogP contribution < -0.4 is 20.4 Å². The third-order valence-electron chi connectivity index (χ3n) is 5.53. The van der Waals surface area contributed by atoms with Crippen LogP contribution in [0, 0.1) is 0 Å². The molecule has 1 aromatic carbocycles. The monoisotopic (exact) mass is 379 g/mol. The Morgan fingerprint density at radius 2 is 1.85 bits per heavy atom. The zero-order chi connectivity index (χ0) is 18.5. The van der Waals surface area contributed by atoms with Crippen LogP contribution in [0.4, 0.5) is 10.5 Å². The van der Waals surface area contributed by atoms with E-state index in [0.29, 0.717) is 0 Å². The Morgan fingerprint density at radius 1 is 1.19 bits per heavy atom. The fourth-order valence-corrected chi connectivity index (χ4v) is 4.13. The summed E-state index contributed by atoms with van der Waals surface area (Å²) in [5, 5.41) is 6.17. The number of rotatable bonds is 4. The lowest BCUT2D eigenvalue weighted by Crippen LogP contribution is -3.19. The molecule has 0 unspecified atom stereocenters. The topological polar surface area (TPSA) is 65.9 Å². The minimum absolute atomic E-state index is 0.207. The molecule has 1 aromatic rings. The average molecular weight is 380 g/mol. The predicted octanol–water partition coefficient (Wildman–Crippen LogP) is 1.20. The Kier molecular flexibility index (Phi) is 6.38. The smallest absolute Gasteiger partial charge is 0.321 e. The predicted molar refractivity (Wildman–Crippen MR) is 103 cm³/mol. The summed E-state index contributed by atoms with van der Waals surface area (Å²) in [6, 6.07) is 7.44. The molecular weight excluding hydrogens is 352 g/mol. The van der Waals surface area contributed by atoms with Crippen LogP contribution in [0.2, 0.25) is 5.02 Å². The maximum Gasteiger partial charge on any atom is 0.321 e. The number of hydrogen-bond donors (Lipinski definition) is 3. The van der Waals surface area contributed by atoms with E-state index in [9.17, 15) is 9.59 Å². The van der Waals surface area contributed by atoms with Gasteiger partial charge in [0.15, 0.2) is 6.04 Å². The summed E-state index contributed by atoms with van der Waals surface area (Å²) in [5.74, 6) is -0.207. The fourth-order valence-electron chi connectivity index (χ4n) is 3.87. The second-order valence-corrected chi connectivity index (χ2v) is 7.67. The SMILES string of the molecule is C[C@H](C(=O)NC(=O)NC1CCCC1)[NH+]1CCN(c2ccccc2Cl)CC1. The molecule has 1 heterocycles. The molecule has 0 bridgehead atoms. The second-order valence-electron chi connectivity index (χ2n) is 7.26. The van der Waals surface area contributed by atoms with Gasteiger partial charge in [0.05, 0.1) is 36.9 Å². The van der Waals surface area contributed by atoms with Crippen LogP contribution in [-0.4, -0.2) is 50.2 Å². The summed E-state index contributed by atoms with van der Waals surface area (Å²) < 4.78 is 0. The maximum atomic E-state index is 12.4. The molecule has 3 amide bonds. The number of nitrogens with one attached hydrogen (secondary N) is 3. The van der Waals surface area contributed by atoms with Gasteiger partial charge in [-0.1, -0.05) is 36.6 Å². The van der Waals surface area contributed by atoms with Crippen LogP contribution >= 0.6 is 11.6 Å². The minimum atomic E-state index is -0.358. The number of nitrogens with zero attached hydrogens (tertiary/aromatic N) is 1. The van der Waals surface area contributed by atoms with Crippen molar-refractivity contribution in [2.75, 3.05) is 31.1 Å². The molecule has 3 rings (SSSR count). The summed E-state index contributed by atoms with van der Waals surface area (Å²) in [6.07, 6.45) is 4.31. The average Bonchev–Trinajstić information content (AvgIpc) is 3.14. The molecule has 1 aliphatic carbocycles. The van der Waals surface area contributed by atoms with Gasteiger partial charge in [0.25, 0.3) is 5.91 Å². The van der Waals surface area contributed by atoms with Crippen LogP contribution in [0.15, 0.2) is 24.3 Å². The van der Waals surface area contributed by atoms with Gasteiger partial charge >= 0.3 is 6.03 Å². The van der Waals surface area contributed by atoms with Gasteiger partial charge in [-0.3, -0.25) is 10.1 Å². The van der Waals surface area contributed by atoms with Gasteiger partial charge in [0.2, 0.25) is 0 Å². The lowest BCUT2D eigenvalue weighted by molar-refractivity contribution is -0.914. The first-order valence-electron chi connectivity index (χ1n) is 9.50. The van der Waals surface area contributed by atoms with Crippen molar-refractivity contribution in [2.24, 2.45) is 0 Å². The van der Waals surface area contributed by atoms with Gasteiger partial charge < -0.3 is 15.1 Å². The van der Waals surface area contributed by atoms with Gasteiger partial charge in [-0.25, -0.2) is 4.79 Å². The summed E-state index contributed by atoms with van der Waals surface area (Å²) in [7, 11) is 0. The minimum Gasteiger partial charge on any atom is -0.359 e. The molecule has 1 atom stereocenters. The van der Waals surface area contributed by atoms with Gasteiger partial charge in [-0.2, -0.15) is 0 Å². The molecule has 0 spiro atoms. The second kappa shape index (κ2) is 8.73. The quantitative estimate of drug-likeness (QED) is 0.736. The van der Waals surface area contributed by atoms with E-state index in [4.69, 9.17) is 11.6 Å². The van der Waals surface area contributed by atoms with Gasteiger partial charge in [0.1, 0.15) is 0 Å². The van der Waals surface area contributed by atoms with Crippen molar-refractivity contribution in [3.05, 3.63) is 29.3 Å². The van der Waals surface area contributed by atoms with Crippen LogP contribution in [0.3, 0.4) is 0 Å². The molecule has 26 heavy (non-hydrogen) atoms. The van der Waals surface area contributed by atoms with Gasteiger partial charge in [-0.05, 0) is 31.9 Å². The first-order valence-corrected chi connectivity index (χ1v) is 9.88. The lowest BCUT2D eigenvalue weighted by Gasteiger charge is -2.36. The molecule has 1 saturated heterocycles. The van der Waals surface area contributed by atoms with E-state index in [1.165, 1.54) is 4.90 Å². The maximum absolute atomic E-state index is 12.4. The van der Waals surface area contributed by atoms with Crippen LogP contribution in [0.1, 0.15) is 32.6 Å². The normalized spacial score (nSPS) is 20.0. The first-order chi connectivity index (χ1) is 12.5. The highest BCUT2D eigenvalue weighted by Crippen LogP contribution is 2.24. The first kappa shape index (κ1) is 19.0. The Bertz CT molecular complexity index is 640. The van der Waals surface area contributed by atoms with Crippen molar-refractivity contribution in [3.63, 3.8) is 0 Å². The number of carbonyl (C=O) groups is 2. The van der Waals surface area contributed by atoms with Crippen LogP contribution in [0.25, 0.3) is 0 Å². The van der Waals surface area contributed by atoms with Crippen molar-refractivity contribution >= 4 is 29.2 Å². The number of carbonyl (C=O) groups excluding carboxylic acids is 2. The van der Waals surface area contributed by atoms with E-state index in [1.807, 2.05) is 31.2 Å². The largest absolute Gasteiger partial charge is 0.359 e. The van der Waals surface area contributed by atoms with Gasteiger partial charge in [-0.15, -0.1) is 0 Å². The number of amides is 3. The number of hydrogen-bond acceptors (Lipinski definition) is 3. The number of imide groups is 1. The number of quaternary nitrogens is 1. The lowest BCUT2D eigenvalue weighted by atomic mass is 10.2. The molecule has 1 saturated carbocycles. The summed E-state index contributed by atoms with van der Waals surface area (Å²) in [5.41, 5.74) is 1.04. The number of anilines is 1. The standard InChI is InChI=1S/C19H27ClN4O2/c1-14(18(25)22-19(26)21-15-6-2-3-7-15)23-10-12-24(13-11-23)17-9-5-4-8-16(17)20/h4-5,8-9,14-15H,2-3,6-7,10-13H2,1H3,(H2,21,22,25,26)/p+1/t14-/m1/s1. The highest BCUT2D eigenvalue weighted by atomic mass is 35.5. The van der Waals surface area contributed by atoms with Crippen molar-refractivity contribution in [1.82, 2.24) is 10.6 Å². The van der Waals surface area contributed by atoms with E-state index < -0.39 is 0 Å². The Labute approximate surface area is 159 Å². The molecule has 142 valence electrons. The van der Waals surface area contributed by atoms with Crippen molar-refractivity contribution in [1.29, 1.82) is 0 Å². The van der Waals surface area contributed by atoms with Crippen molar-refractivity contribution in [3.8, 4) is 0 Å². The Morgan fingerprint density at radius 3 is 2.50 bits per heavy atom. The molecule has 2 fully saturated rings. The summed E-state index contributed by atoms with van der Waals surface area (Å²) in [6.45, 7) is 5.24. The van der Waals surface area contributed by atoms with E-state index >= 15 is 0 Å². The van der Waals surface area contributed by atoms with E-state index in [0.717, 1.165) is 62.6 Å². The van der Waals surface area contributed by atoms with E-state index in [1.54, 1.807) is 0 Å². The number of urea groups is 1. The number of piperazine rings is 1. The Hall–Kier alpha value is -1.79. The molecule has 0 radical (unpaired) electrons. The highest BCUT2D eigenvalue weighted by Gasteiger charge is 2.31. The van der Waals surface area contributed by atoms with Crippen molar-refractivity contribution < 1.29 is 14.5 Å². The Balaban J connectivity index is 1.46. The van der Waals surface area contributed by atoms with Gasteiger partial charge in [0, 0.05) is 6.04 Å². The molecule has 0 aromatic heterocycles. The van der Waals surface area contributed by atoms with Crippen LogP contribution in [-0.2, 0) is 4.79 Å². The van der Waals surface area contributed by atoms with Crippen molar-refractivity contribution in [2.45, 2.75) is 44.7 Å². The fraction of sp³-hybridized carbons (Fsp3) is 0.579. The molecular formula is C19H28ClN4O2+. The summed E-state index contributed by atoms with van der Waals surface area (Å²) in [4.78, 5) is 27.8. The summed E-state index contributed by atoms with van der Waals surface area (Å²) >= 11 is 6.28. The molecule has 6 nitrogen and oxygen atoms in total. The van der Waals surface area contributed by atoms with E-state index in [2.05, 4.69) is 15.5 Å². The number of halogens is 1. The van der Waals surface area contributed by atoms with E-state index in [-0.39, 0.29) is 24.0 Å². The number of benzene rings is 1. The number of para-hydroxylation sites is 1. The molecule has 3 N–H and O–H groups in total. The molecule has 1 aliphatic heterocycles. The molecule has 7 heteroatoms. The highest BCUT2D eigenvalue weighted by molar-refractivity contribution is 6.33. The molecule has 2 aliphatic rings. The zero-order valence-corrected chi connectivity index (χ0v) is 16.0. The third kappa shape index (κ3) is 4.68. The third-order valence-corrected chi connectivity index (χ3v) is 5.85.